The minimum Gasteiger partial charge on any atom is -0.392 e. The molecule has 0 bridgehead atoms. The van der Waals surface area contributed by atoms with Gasteiger partial charge in [0.25, 0.3) is 9.70 Å². The fourth-order valence-electron chi connectivity index (χ4n) is 4.53. The van der Waals surface area contributed by atoms with Gasteiger partial charge in [-0.2, -0.15) is 0 Å². The second kappa shape index (κ2) is 14.1. The van der Waals surface area contributed by atoms with Crippen molar-refractivity contribution in [1.29, 1.82) is 0 Å². The van der Waals surface area contributed by atoms with E-state index in [1.807, 2.05) is 73.7 Å². The van der Waals surface area contributed by atoms with Crippen molar-refractivity contribution in [3.05, 3.63) is 100 Å². The summed E-state index contributed by atoms with van der Waals surface area (Å²) in [6.45, 7) is 2.15. The number of carbonyl (C=O) groups excluding carboxylic acids is 1. The quantitative estimate of drug-likeness (QED) is 0.143. The number of benzene rings is 3. The SMILES string of the molecule is Cc1nnc(SC[C@@H]2C[C@H](c3ccc(CO)cc3)O[C@H](c3cccc(-c4cccc(CNC(=O)C(Cl)(Cl)Cl)c4)c3)O2)s1. The minimum absolute atomic E-state index is 0.00859. The summed E-state index contributed by atoms with van der Waals surface area (Å²) in [4.78, 5) is 12.0. The maximum atomic E-state index is 12.0. The maximum Gasteiger partial charge on any atom is 0.272 e. The standard InChI is InChI=1S/C30H28Cl3N3O4S2/c1-18-35-36-29(42-18)41-17-25-14-26(21-10-8-19(16-37)9-11-21)40-27(39-25)24-7-3-6-23(13-24)22-5-2-4-20(12-22)15-34-28(38)30(31,32)33/h2-13,25-27,37H,14-17H2,1H3,(H,34,38)/t25-,26+,27+/m0/s1. The summed E-state index contributed by atoms with van der Waals surface area (Å²) in [5.74, 6) is 0.0301. The van der Waals surface area contributed by atoms with Crippen LogP contribution in [0.4, 0.5) is 0 Å². The van der Waals surface area contributed by atoms with E-state index in [9.17, 15) is 9.90 Å². The molecule has 12 heteroatoms. The fourth-order valence-corrected chi connectivity index (χ4v) is 6.59. The summed E-state index contributed by atoms with van der Waals surface area (Å²) < 4.78 is 11.9. The van der Waals surface area contributed by atoms with E-state index < -0.39 is 16.0 Å². The van der Waals surface area contributed by atoms with Crippen molar-refractivity contribution in [3.63, 3.8) is 0 Å². The van der Waals surface area contributed by atoms with Gasteiger partial charge in [0.15, 0.2) is 10.6 Å². The molecule has 3 aromatic carbocycles. The normalized spacial score (nSPS) is 19.0. The maximum absolute atomic E-state index is 12.0. The number of carbonyl (C=O) groups is 1. The van der Waals surface area contributed by atoms with Crippen molar-refractivity contribution in [3.8, 4) is 11.1 Å². The highest BCUT2D eigenvalue weighted by Gasteiger charge is 2.33. The van der Waals surface area contributed by atoms with E-state index in [4.69, 9.17) is 44.3 Å². The molecule has 1 aliphatic heterocycles. The number of hydrogen-bond donors (Lipinski definition) is 2. The first-order valence-corrected chi connectivity index (χ1v) is 16.1. The van der Waals surface area contributed by atoms with Gasteiger partial charge in [-0.3, -0.25) is 4.79 Å². The molecule has 0 spiro atoms. The minimum atomic E-state index is -2.02. The van der Waals surface area contributed by atoms with E-state index in [1.165, 1.54) is 0 Å². The molecule has 220 valence electrons. The third kappa shape index (κ3) is 8.24. The second-order valence-corrected chi connectivity index (χ2v) is 14.5. The second-order valence-electron chi connectivity index (χ2n) is 9.75. The Balaban J connectivity index is 1.35. The van der Waals surface area contributed by atoms with Gasteiger partial charge in [-0.1, -0.05) is 119 Å². The summed E-state index contributed by atoms with van der Waals surface area (Å²) in [7, 11) is 0. The number of rotatable bonds is 9. The van der Waals surface area contributed by atoms with Crippen molar-refractivity contribution < 1.29 is 19.4 Å². The van der Waals surface area contributed by atoms with Gasteiger partial charge in [0, 0.05) is 24.3 Å². The Bertz CT molecular complexity index is 1510. The van der Waals surface area contributed by atoms with Crippen LogP contribution in [-0.2, 0) is 27.4 Å². The summed E-state index contributed by atoms with van der Waals surface area (Å²) in [6.07, 6.45) is -0.183. The molecule has 2 N–H and O–H groups in total. The van der Waals surface area contributed by atoms with Crippen LogP contribution in [0.25, 0.3) is 11.1 Å². The van der Waals surface area contributed by atoms with Crippen molar-refractivity contribution in [2.45, 2.75) is 53.1 Å². The Morgan fingerprint density at radius 2 is 1.74 bits per heavy atom. The molecule has 1 fully saturated rings. The van der Waals surface area contributed by atoms with Crippen LogP contribution < -0.4 is 5.32 Å². The molecular formula is C30H28Cl3N3O4S2. The number of halogens is 3. The fraction of sp³-hybridized carbons (Fsp3) is 0.300. The van der Waals surface area contributed by atoms with E-state index in [0.29, 0.717) is 12.2 Å². The zero-order valence-corrected chi connectivity index (χ0v) is 26.4. The number of thioether (sulfide) groups is 1. The third-order valence-electron chi connectivity index (χ3n) is 6.64. The number of aryl methyl sites for hydroxylation is 1. The summed E-state index contributed by atoms with van der Waals surface area (Å²) in [5, 5.41) is 21.4. The predicted molar refractivity (Wildman–Crippen MR) is 168 cm³/mol. The van der Waals surface area contributed by atoms with Crippen molar-refractivity contribution in [1.82, 2.24) is 15.5 Å². The zero-order chi connectivity index (χ0) is 29.7. The van der Waals surface area contributed by atoms with Gasteiger partial charge in [-0.15, -0.1) is 10.2 Å². The lowest BCUT2D eigenvalue weighted by atomic mass is 9.99. The molecule has 7 nitrogen and oxygen atoms in total. The Morgan fingerprint density at radius 1 is 1.00 bits per heavy atom. The molecule has 0 aliphatic carbocycles. The lowest BCUT2D eigenvalue weighted by molar-refractivity contribution is -0.245. The number of nitrogens with zero attached hydrogens (tertiary/aromatic N) is 2. The summed E-state index contributed by atoms with van der Waals surface area (Å²) >= 11 is 20.2. The predicted octanol–water partition coefficient (Wildman–Crippen LogP) is 7.33. The number of nitrogens with one attached hydrogen (secondary N) is 1. The highest BCUT2D eigenvalue weighted by molar-refractivity contribution is 8.01. The van der Waals surface area contributed by atoms with Gasteiger partial charge in [-0.25, -0.2) is 0 Å². The van der Waals surface area contributed by atoms with Crippen LogP contribution in [0.1, 0.15) is 46.1 Å². The molecule has 0 unspecified atom stereocenters. The van der Waals surface area contributed by atoms with E-state index in [1.54, 1.807) is 23.1 Å². The van der Waals surface area contributed by atoms with Gasteiger partial charge in [0.1, 0.15) is 5.01 Å². The highest BCUT2D eigenvalue weighted by Crippen LogP contribution is 2.40. The number of hydrogen-bond acceptors (Lipinski definition) is 8. The van der Waals surface area contributed by atoms with Crippen LogP contribution in [0.3, 0.4) is 0 Å². The average molecular weight is 665 g/mol. The molecule has 3 atom stereocenters. The van der Waals surface area contributed by atoms with Crippen LogP contribution >= 0.6 is 57.9 Å². The zero-order valence-electron chi connectivity index (χ0n) is 22.5. The van der Waals surface area contributed by atoms with Crippen LogP contribution in [0, 0.1) is 6.92 Å². The Kier molecular flexibility index (Phi) is 10.4. The monoisotopic (exact) mass is 663 g/mol. The molecule has 2 heterocycles. The molecule has 0 radical (unpaired) electrons. The molecule has 1 aliphatic rings. The van der Waals surface area contributed by atoms with E-state index >= 15 is 0 Å². The summed E-state index contributed by atoms with van der Waals surface area (Å²) in [6, 6.07) is 23.7. The smallest absolute Gasteiger partial charge is 0.272 e. The van der Waals surface area contributed by atoms with Gasteiger partial charge >= 0.3 is 0 Å². The first-order valence-electron chi connectivity index (χ1n) is 13.2. The number of alkyl halides is 3. The Labute approximate surface area is 267 Å². The van der Waals surface area contributed by atoms with Gasteiger partial charge < -0.3 is 19.9 Å². The molecule has 4 aromatic rings. The van der Waals surface area contributed by atoms with Crippen LogP contribution in [0.15, 0.2) is 77.1 Å². The molecular weight excluding hydrogens is 637 g/mol. The number of ether oxygens (including phenoxy) is 2. The summed E-state index contributed by atoms with van der Waals surface area (Å²) in [5.41, 5.74) is 5.56. The number of amides is 1. The number of aliphatic hydroxyl groups excluding tert-OH is 1. The average Bonchev–Trinajstić information content (AvgIpc) is 3.43. The van der Waals surface area contributed by atoms with Crippen LogP contribution in [-0.4, -0.2) is 36.9 Å². The Morgan fingerprint density at radius 3 is 2.43 bits per heavy atom. The number of aromatic nitrogens is 2. The van der Waals surface area contributed by atoms with Gasteiger partial charge in [0.05, 0.1) is 18.8 Å². The van der Waals surface area contributed by atoms with E-state index in [0.717, 1.165) is 42.7 Å². The lowest BCUT2D eigenvalue weighted by Crippen LogP contribution is -2.33. The Hall–Kier alpha value is -2.21. The van der Waals surface area contributed by atoms with Crippen molar-refractivity contribution in [2.24, 2.45) is 0 Å². The van der Waals surface area contributed by atoms with E-state index in [-0.39, 0.29) is 25.4 Å². The molecule has 1 saturated heterocycles. The van der Waals surface area contributed by atoms with Gasteiger partial charge in [-0.05, 0) is 46.9 Å². The topological polar surface area (TPSA) is 93.6 Å². The first kappa shape index (κ1) is 31.2. The molecule has 42 heavy (non-hydrogen) atoms. The van der Waals surface area contributed by atoms with Crippen LogP contribution in [0.2, 0.25) is 0 Å². The van der Waals surface area contributed by atoms with E-state index in [2.05, 4.69) is 21.6 Å². The first-order chi connectivity index (χ1) is 20.2. The third-order valence-corrected chi connectivity index (χ3v) is 9.26. The van der Waals surface area contributed by atoms with Gasteiger partial charge in [0.2, 0.25) is 0 Å². The highest BCUT2D eigenvalue weighted by atomic mass is 35.6. The lowest BCUT2D eigenvalue weighted by Gasteiger charge is -2.36. The molecule has 1 aromatic heterocycles. The molecule has 1 amide bonds. The van der Waals surface area contributed by atoms with Crippen molar-refractivity contribution >= 4 is 63.8 Å². The molecule has 0 saturated carbocycles. The number of aliphatic hydroxyl groups is 1. The van der Waals surface area contributed by atoms with Crippen LogP contribution in [0.5, 0.6) is 0 Å². The van der Waals surface area contributed by atoms with Crippen molar-refractivity contribution in [2.75, 3.05) is 5.75 Å². The largest absolute Gasteiger partial charge is 0.392 e. The molecule has 5 rings (SSSR count).